The van der Waals surface area contributed by atoms with E-state index in [1.54, 1.807) is 39.1 Å². The van der Waals surface area contributed by atoms with Crippen molar-refractivity contribution in [2.75, 3.05) is 5.32 Å². The fourth-order valence-electron chi connectivity index (χ4n) is 2.16. The normalized spacial score (nSPS) is 12.5. The van der Waals surface area contributed by atoms with Crippen LogP contribution in [-0.4, -0.2) is 22.6 Å². The summed E-state index contributed by atoms with van der Waals surface area (Å²) in [4.78, 5) is 30.3. The lowest BCUT2D eigenvalue weighted by Gasteiger charge is -2.23. The Bertz CT molecular complexity index is 751. The summed E-state index contributed by atoms with van der Waals surface area (Å²) in [5, 5.41) is 5.93. The van der Waals surface area contributed by atoms with Crippen molar-refractivity contribution >= 4 is 28.5 Å². The van der Waals surface area contributed by atoms with Crippen molar-refractivity contribution in [2.45, 2.75) is 52.2 Å². The zero-order valence-electron chi connectivity index (χ0n) is 15.7. The number of carbonyl (C=O) groups is 2. The van der Waals surface area contributed by atoms with Gasteiger partial charge in [0.15, 0.2) is 5.13 Å². The molecule has 1 aromatic carbocycles. The summed E-state index contributed by atoms with van der Waals surface area (Å²) >= 11 is 1.42. The summed E-state index contributed by atoms with van der Waals surface area (Å²) < 4.78 is 5.28. The molecule has 0 radical (unpaired) electrons. The number of hydrogen-bond acceptors (Lipinski definition) is 5. The van der Waals surface area contributed by atoms with Crippen molar-refractivity contribution in [1.82, 2.24) is 10.3 Å². The van der Waals surface area contributed by atoms with Gasteiger partial charge in [0, 0.05) is 11.1 Å². The second kappa shape index (κ2) is 8.31. The van der Waals surface area contributed by atoms with E-state index in [-0.39, 0.29) is 5.91 Å². The molecular formula is C19H25N3O3S. The number of hydrogen-bond donors (Lipinski definition) is 2. The second-order valence-electron chi connectivity index (χ2n) is 7.20. The van der Waals surface area contributed by atoms with Crippen molar-refractivity contribution in [3.63, 3.8) is 0 Å². The van der Waals surface area contributed by atoms with Gasteiger partial charge in [-0.1, -0.05) is 44.2 Å². The molecule has 26 heavy (non-hydrogen) atoms. The van der Waals surface area contributed by atoms with E-state index in [2.05, 4.69) is 29.5 Å². The molecule has 0 spiro atoms. The van der Waals surface area contributed by atoms with Crippen LogP contribution < -0.4 is 10.6 Å². The minimum absolute atomic E-state index is 0.336. The highest BCUT2D eigenvalue weighted by molar-refractivity contribution is 7.15. The molecule has 2 rings (SSSR count). The predicted octanol–water partition coefficient (Wildman–Crippen LogP) is 4.47. The van der Waals surface area contributed by atoms with Crippen molar-refractivity contribution in [1.29, 1.82) is 0 Å². The average molecular weight is 375 g/mol. The van der Waals surface area contributed by atoms with Gasteiger partial charge in [-0.15, -0.1) is 11.3 Å². The van der Waals surface area contributed by atoms with Crippen molar-refractivity contribution in [2.24, 2.45) is 0 Å². The largest absolute Gasteiger partial charge is 0.444 e. The minimum Gasteiger partial charge on any atom is -0.444 e. The zero-order valence-corrected chi connectivity index (χ0v) is 16.5. The van der Waals surface area contributed by atoms with Crippen molar-refractivity contribution < 1.29 is 14.3 Å². The Morgan fingerprint density at radius 1 is 1.15 bits per heavy atom. The van der Waals surface area contributed by atoms with Crippen LogP contribution in [0.4, 0.5) is 9.93 Å². The van der Waals surface area contributed by atoms with Crippen LogP contribution in [0.2, 0.25) is 0 Å². The molecule has 0 fully saturated rings. The van der Waals surface area contributed by atoms with Gasteiger partial charge in [0.25, 0.3) is 5.91 Å². The number of anilines is 1. The predicted molar refractivity (Wildman–Crippen MR) is 103 cm³/mol. The van der Waals surface area contributed by atoms with Gasteiger partial charge in [0.05, 0.1) is 0 Å². The summed E-state index contributed by atoms with van der Waals surface area (Å²) in [6, 6.07) is 8.16. The average Bonchev–Trinajstić information content (AvgIpc) is 3.00. The quantitative estimate of drug-likeness (QED) is 0.808. The summed E-state index contributed by atoms with van der Waals surface area (Å²) in [6.07, 6.45) is 1.10. The number of rotatable bonds is 5. The Morgan fingerprint density at radius 2 is 1.81 bits per heavy atom. The monoisotopic (exact) mass is 375 g/mol. The van der Waals surface area contributed by atoms with Crippen LogP contribution in [0.25, 0.3) is 0 Å². The molecule has 6 nitrogen and oxygen atoms in total. The van der Waals surface area contributed by atoms with E-state index < -0.39 is 17.7 Å². The summed E-state index contributed by atoms with van der Waals surface area (Å²) in [6.45, 7) is 9.44. The fourth-order valence-corrected chi connectivity index (χ4v) is 2.98. The van der Waals surface area contributed by atoms with Gasteiger partial charge in [-0.05, 0) is 32.3 Å². The molecule has 7 heteroatoms. The summed E-state index contributed by atoms with van der Waals surface area (Å²) in [7, 11) is 0. The Hall–Kier alpha value is -2.41. The molecule has 0 unspecified atom stereocenters. The molecule has 140 valence electrons. The molecular weight excluding hydrogens is 350 g/mol. The van der Waals surface area contributed by atoms with Gasteiger partial charge in [0.2, 0.25) is 0 Å². The molecule has 0 saturated heterocycles. The van der Waals surface area contributed by atoms with E-state index in [0.717, 1.165) is 4.88 Å². The van der Waals surface area contributed by atoms with Crippen LogP contribution in [0.15, 0.2) is 36.5 Å². The highest BCUT2D eigenvalue weighted by Gasteiger charge is 2.26. The lowest BCUT2D eigenvalue weighted by molar-refractivity contribution is -0.118. The number of ether oxygens (including phenoxy) is 1. The zero-order chi connectivity index (χ0) is 19.3. The number of thiazole rings is 1. The molecule has 0 aliphatic rings. The van der Waals surface area contributed by atoms with Gasteiger partial charge < -0.3 is 10.1 Å². The number of alkyl carbamates (subject to hydrolysis) is 1. The molecule has 2 amide bonds. The molecule has 1 aromatic heterocycles. The van der Waals surface area contributed by atoms with Crippen LogP contribution in [0.3, 0.4) is 0 Å². The molecule has 2 N–H and O–H groups in total. The SMILES string of the molecule is CC(C)c1cnc(NC(=O)[C@H](NC(=O)OC(C)(C)C)c2ccccc2)s1. The minimum atomic E-state index is -0.877. The highest BCUT2D eigenvalue weighted by atomic mass is 32.1. The number of benzene rings is 1. The number of nitrogens with one attached hydrogen (secondary N) is 2. The van der Waals surface area contributed by atoms with Crippen LogP contribution in [0.5, 0.6) is 0 Å². The van der Waals surface area contributed by atoms with Crippen LogP contribution in [0, 0.1) is 0 Å². The van der Waals surface area contributed by atoms with Gasteiger partial charge in [-0.25, -0.2) is 9.78 Å². The first kappa shape index (κ1) is 19.9. The third-order valence-corrected chi connectivity index (χ3v) is 4.59. The van der Waals surface area contributed by atoms with Crippen molar-refractivity contribution in [3.8, 4) is 0 Å². The lowest BCUT2D eigenvalue weighted by atomic mass is 10.1. The molecule has 0 aliphatic carbocycles. The Morgan fingerprint density at radius 3 is 2.35 bits per heavy atom. The van der Waals surface area contributed by atoms with E-state index >= 15 is 0 Å². The smallest absolute Gasteiger partial charge is 0.408 e. The summed E-state index contributed by atoms with van der Waals surface area (Å²) in [5.41, 5.74) is 0.0139. The standard InChI is InChI=1S/C19H25N3O3S/c1-12(2)14-11-20-17(26-14)22-16(23)15(13-9-7-6-8-10-13)21-18(24)25-19(3,4)5/h6-12,15H,1-5H3,(H,21,24)(H,20,22,23)/t15-/m1/s1. The van der Waals surface area contributed by atoms with Crippen LogP contribution in [-0.2, 0) is 9.53 Å². The Labute approximate surface area is 158 Å². The molecule has 2 aromatic rings. The second-order valence-corrected chi connectivity index (χ2v) is 8.26. The number of carbonyl (C=O) groups excluding carboxylic acids is 2. The van der Waals surface area contributed by atoms with Crippen molar-refractivity contribution in [3.05, 3.63) is 47.0 Å². The van der Waals surface area contributed by atoms with Gasteiger partial charge in [-0.2, -0.15) is 0 Å². The first-order chi connectivity index (χ1) is 12.2. The third kappa shape index (κ3) is 5.84. The van der Waals surface area contributed by atoms with Gasteiger partial charge in [0.1, 0.15) is 11.6 Å². The topological polar surface area (TPSA) is 80.3 Å². The Balaban J connectivity index is 2.17. The van der Waals surface area contributed by atoms with E-state index in [1.165, 1.54) is 11.3 Å². The molecule has 0 aliphatic heterocycles. The van der Waals surface area contributed by atoms with Gasteiger partial charge >= 0.3 is 6.09 Å². The molecule has 1 heterocycles. The highest BCUT2D eigenvalue weighted by Crippen LogP contribution is 2.26. The third-order valence-electron chi connectivity index (χ3n) is 3.38. The first-order valence-electron chi connectivity index (χ1n) is 8.47. The maximum Gasteiger partial charge on any atom is 0.408 e. The maximum absolute atomic E-state index is 12.8. The first-order valence-corrected chi connectivity index (χ1v) is 9.28. The molecule has 0 bridgehead atoms. The fraction of sp³-hybridized carbons (Fsp3) is 0.421. The Kier molecular flexibility index (Phi) is 6.37. The number of amides is 2. The van der Waals surface area contributed by atoms with Crippen LogP contribution >= 0.6 is 11.3 Å². The van der Waals surface area contributed by atoms with Gasteiger partial charge in [-0.3, -0.25) is 10.1 Å². The van der Waals surface area contributed by atoms with E-state index in [4.69, 9.17) is 4.74 Å². The lowest BCUT2D eigenvalue weighted by Crippen LogP contribution is -2.40. The van der Waals surface area contributed by atoms with E-state index in [9.17, 15) is 9.59 Å². The number of nitrogens with zero attached hydrogens (tertiary/aromatic N) is 1. The van der Waals surface area contributed by atoms with E-state index in [0.29, 0.717) is 16.6 Å². The molecule has 0 saturated carbocycles. The van der Waals surface area contributed by atoms with Crippen LogP contribution in [0.1, 0.15) is 57.0 Å². The van der Waals surface area contributed by atoms with E-state index in [1.807, 2.05) is 18.2 Å². The number of aromatic nitrogens is 1. The molecule has 1 atom stereocenters. The maximum atomic E-state index is 12.8. The summed E-state index contributed by atoms with van der Waals surface area (Å²) in [5.74, 6) is -0.0327.